The predicted molar refractivity (Wildman–Crippen MR) is 99.8 cm³/mol. The van der Waals surface area contributed by atoms with E-state index in [0.717, 1.165) is 5.56 Å². The summed E-state index contributed by atoms with van der Waals surface area (Å²) in [4.78, 5) is 25.5. The van der Waals surface area contributed by atoms with E-state index in [4.69, 9.17) is 4.74 Å². The van der Waals surface area contributed by atoms with E-state index in [-0.39, 0.29) is 24.6 Å². The number of carbonyl (C=O) groups is 2. The number of nitrogens with one attached hydrogen (secondary N) is 1. The first-order chi connectivity index (χ1) is 13.8. The normalized spacial score (nSPS) is 17.9. The van der Waals surface area contributed by atoms with Crippen molar-refractivity contribution < 1.29 is 23.1 Å². The number of nitrogens with zero attached hydrogens (tertiary/aromatic N) is 4. The maximum Gasteiger partial charge on any atom is 0.273 e. The average Bonchev–Trinajstić information content (AvgIpc) is 3.27. The average molecular weight is 407 g/mol. The second-order valence-electron chi connectivity index (χ2n) is 6.89. The van der Waals surface area contributed by atoms with E-state index in [2.05, 4.69) is 15.6 Å². The summed E-state index contributed by atoms with van der Waals surface area (Å²) < 4.78 is 34.8. The molecule has 3 rings (SSSR count). The number of carbonyl (C=O) groups excluding carboxylic acids is 2. The molecular formula is C19H23F2N5O3. The van der Waals surface area contributed by atoms with E-state index >= 15 is 0 Å². The van der Waals surface area contributed by atoms with Gasteiger partial charge in [-0.3, -0.25) is 9.59 Å². The van der Waals surface area contributed by atoms with Gasteiger partial charge in [0.2, 0.25) is 5.91 Å². The Hall–Kier alpha value is -3.04. The summed E-state index contributed by atoms with van der Waals surface area (Å²) in [6.07, 6.45) is 0.932. The van der Waals surface area contributed by atoms with Crippen molar-refractivity contribution in [3.63, 3.8) is 0 Å². The molecule has 1 aromatic heterocycles. The monoisotopic (exact) mass is 407 g/mol. The van der Waals surface area contributed by atoms with Crippen molar-refractivity contribution in [1.29, 1.82) is 0 Å². The third-order valence-corrected chi connectivity index (χ3v) is 4.68. The second-order valence-corrected chi connectivity index (χ2v) is 6.89. The molecule has 10 heteroatoms. The van der Waals surface area contributed by atoms with Gasteiger partial charge in [-0.1, -0.05) is 17.3 Å². The van der Waals surface area contributed by atoms with Gasteiger partial charge in [-0.2, -0.15) is 0 Å². The number of alkyl halides is 2. The first kappa shape index (κ1) is 20.7. The molecular weight excluding hydrogens is 384 g/mol. The predicted octanol–water partition coefficient (Wildman–Crippen LogP) is 1.52. The minimum absolute atomic E-state index is 0.0137. The van der Waals surface area contributed by atoms with Gasteiger partial charge in [-0.05, 0) is 24.6 Å². The lowest BCUT2D eigenvalue weighted by Crippen LogP contribution is -2.39. The molecule has 1 N–H and O–H groups in total. The largest absolute Gasteiger partial charge is 0.494 e. The summed E-state index contributed by atoms with van der Waals surface area (Å²) in [7, 11) is 1.46. The Morgan fingerprint density at radius 1 is 1.31 bits per heavy atom. The van der Waals surface area contributed by atoms with Crippen LogP contribution in [-0.4, -0.2) is 63.9 Å². The molecule has 1 fully saturated rings. The number of aromatic nitrogens is 3. The van der Waals surface area contributed by atoms with Crippen molar-refractivity contribution in [1.82, 2.24) is 25.2 Å². The van der Waals surface area contributed by atoms with Crippen LogP contribution in [0.25, 0.3) is 0 Å². The van der Waals surface area contributed by atoms with Crippen molar-refractivity contribution in [3.8, 4) is 5.75 Å². The fraction of sp³-hybridized carbons (Fsp3) is 0.474. The first-order valence-electron chi connectivity index (χ1n) is 9.32. The van der Waals surface area contributed by atoms with Crippen LogP contribution in [0.2, 0.25) is 0 Å². The van der Waals surface area contributed by atoms with Gasteiger partial charge in [0, 0.05) is 13.5 Å². The third kappa shape index (κ3) is 5.07. The third-order valence-electron chi connectivity index (χ3n) is 4.68. The highest BCUT2D eigenvalue weighted by Gasteiger charge is 2.47. The molecule has 2 aromatic rings. The number of benzene rings is 1. The zero-order valence-corrected chi connectivity index (χ0v) is 16.3. The van der Waals surface area contributed by atoms with Crippen LogP contribution in [0.3, 0.4) is 0 Å². The SMILES string of the molecule is CCOc1ccc(CC(=O)N2CC(F)(F)C[C@H]2Cn2cc(C(=O)NC)nn2)cc1. The fourth-order valence-corrected chi connectivity index (χ4v) is 3.33. The van der Waals surface area contributed by atoms with Crippen LogP contribution < -0.4 is 10.1 Å². The van der Waals surface area contributed by atoms with E-state index in [0.29, 0.717) is 12.4 Å². The molecule has 1 aliphatic rings. The molecule has 1 aliphatic heterocycles. The number of halogens is 2. The van der Waals surface area contributed by atoms with E-state index < -0.39 is 30.8 Å². The van der Waals surface area contributed by atoms with E-state index in [1.807, 2.05) is 6.92 Å². The van der Waals surface area contributed by atoms with Gasteiger partial charge < -0.3 is 15.0 Å². The Labute approximate surface area is 166 Å². The minimum atomic E-state index is -2.97. The Kier molecular flexibility index (Phi) is 6.09. The van der Waals surface area contributed by atoms with Gasteiger partial charge in [0.05, 0.1) is 38.4 Å². The molecule has 1 aromatic carbocycles. The molecule has 2 amide bonds. The lowest BCUT2D eigenvalue weighted by atomic mass is 10.1. The molecule has 2 heterocycles. The summed E-state index contributed by atoms with van der Waals surface area (Å²) in [6.45, 7) is 1.81. The van der Waals surface area contributed by atoms with Crippen molar-refractivity contribution in [2.75, 3.05) is 20.2 Å². The van der Waals surface area contributed by atoms with Gasteiger partial charge in [0.1, 0.15) is 5.75 Å². The molecule has 156 valence electrons. The van der Waals surface area contributed by atoms with Gasteiger partial charge in [-0.25, -0.2) is 13.5 Å². The van der Waals surface area contributed by atoms with E-state index in [1.165, 1.54) is 22.8 Å². The van der Waals surface area contributed by atoms with Crippen molar-refractivity contribution in [3.05, 3.63) is 41.7 Å². The Morgan fingerprint density at radius 3 is 2.69 bits per heavy atom. The van der Waals surface area contributed by atoms with Crippen molar-refractivity contribution >= 4 is 11.8 Å². The zero-order valence-electron chi connectivity index (χ0n) is 16.3. The van der Waals surface area contributed by atoms with Crippen molar-refractivity contribution in [2.45, 2.75) is 38.3 Å². The number of hydrogen-bond donors (Lipinski definition) is 1. The molecule has 0 aliphatic carbocycles. The van der Waals surface area contributed by atoms with Crippen LogP contribution in [0, 0.1) is 0 Å². The molecule has 0 radical (unpaired) electrons. The van der Waals surface area contributed by atoms with Gasteiger partial charge in [0.15, 0.2) is 5.69 Å². The quantitative estimate of drug-likeness (QED) is 0.752. The van der Waals surface area contributed by atoms with Crippen LogP contribution in [0.15, 0.2) is 30.5 Å². The second kappa shape index (κ2) is 8.54. The molecule has 0 spiro atoms. The highest BCUT2D eigenvalue weighted by molar-refractivity contribution is 5.91. The molecule has 1 atom stereocenters. The van der Waals surface area contributed by atoms with E-state index in [9.17, 15) is 18.4 Å². The lowest BCUT2D eigenvalue weighted by molar-refractivity contribution is -0.132. The van der Waals surface area contributed by atoms with Crippen LogP contribution >= 0.6 is 0 Å². The van der Waals surface area contributed by atoms with Gasteiger partial charge in [-0.15, -0.1) is 5.10 Å². The Bertz CT molecular complexity index is 869. The summed E-state index contributed by atoms with van der Waals surface area (Å²) in [6, 6.07) is 6.26. The Morgan fingerprint density at radius 2 is 2.03 bits per heavy atom. The number of ether oxygens (including phenoxy) is 1. The molecule has 0 saturated carbocycles. The maximum atomic E-state index is 14.1. The van der Waals surface area contributed by atoms with Crippen molar-refractivity contribution in [2.24, 2.45) is 0 Å². The molecule has 1 saturated heterocycles. The summed E-state index contributed by atoms with van der Waals surface area (Å²) in [5.74, 6) is -3.09. The number of hydrogen-bond acceptors (Lipinski definition) is 5. The number of rotatable bonds is 7. The van der Waals surface area contributed by atoms with Crippen LogP contribution in [0.1, 0.15) is 29.4 Å². The highest BCUT2D eigenvalue weighted by Crippen LogP contribution is 2.33. The molecule has 29 heavy (non-hydrogen) atoms. The smallest absolute Gasteiger partial charge is 0.273 e. The lowest BCUT2D eigenvalue weighted by Gasteiger charge is -2.24. The van der Waals surface area contributed by atoms with Crippen LogP contribution in [0.4, 0.5) is 8.78 Å². The van der Waals surface area contributed by atoms with E-state index in [1.54, 1.807) is 24.3 Å². The van der Waals surface area contributed by atoms with Crippen LogP contribution in [-0.2, 0) is 17.8 Å². The maximum absolute atomic E-state index is 14.1. The fourth-order valence-electron chi connectivity index (χ4n) is 3.33. The number of likely N-dealkylation sites (tertiary alicyclic amines) is 1. The van der Waals surface area contributed by atoms with Gasteiger partial charge in [0.25, 0.3) is 11.8 Å². The summed E-state index contributed by atoms with van der Waals surface area (Å²) in [5, 5.41) is 9.95. The molecule has 8 nitrogen and oxygen atoms in total. The summed E-state index contributed by atoms with van der Waals surface area (Å²) in [5.41, 5.74) is 0.805. The topological polar surface area (TPSA) is 89.4 Å². The highest BCUT2D eigenvalue weighted by atomic mass is 19.3. The first-order valence-corrected chi connectivity index (χ1v) is 9.32. The number of amides is 2. The summed E-state index contributed by atoms with van der Waals surface area (Å²) >= 11 is 0. The standard InChI is InChI=1S/C19H23F2N5O3/c1-3-29-15-6-4-13(5-7-15)8-17(27)26-12-19(20,21)9-14(26)10-25-11-16(23-24-25)18(28)22-2/h4-7,11,14H,3,8-10,12H2,1-2H3,(H,22,28)/t14-/m0/s1. The Balaban J connectivity index is 1.69. The van der Waals surface area contributed by atoms with Gasteiger partial charge >= 0.3 is 0 Å². The molecule has 0 bridgehead atoms. The molecule has 0 unspecified atom stereocenters. The van der Waals surface area contributed by atoms with Crippen LogP contribution in [0.5, 0.6) is 5.75 Å². The zero-order chi connectivity index (χ0) is 21.0. The minimum Gasteiger partial charge on any atom is -0.494 e.